The maximum Gasteiger partial charge on any atom is 0.242 e. The van der Waals surface area contributed by atoms with E-state index in [1.54, 1.807) is 13.8 Å². The molecule has 0 aromatic heterocycles. The minimum atomic E-state index is -0.291. The number of benzene rings is 1. The second-order valence-electron chi connectivity index (χ2n) is 6.51. The van der Waals surface area contributed by atoms with Crippen LogP contribution >= 0.6 is 24.8 Å². The standard InChI is InChI=1S/C18H28N4O2.2ClH/c1-14(15(2)19)18(24)20-12-17(23)22-10-8-21(9-11-22)13-16-6-4-3-5-7-16;;/h3-7,14-15H,8-13,19H2,1-2H3,(H,20,24);2*1H. The van der Waals surface area contributed by atoms with Crippen LogP contribution in [0.2, 0.25) is 0 Å². The molecule has 148 valence electrons. The molecule has 2 unspecified atom stereocenters. The van der Waals surface area contributed by atoms with Crippen LogP contribution in [-0.2, 0) is 16.1 Å². The molecule has 0 saturated carbocycles. The number of halogens is 2. The molecule has 26 heavy (non-hydrogen) atoms. The van der Waals surface area contributed by atoms with E-state index in [0.717, 1.165) is 19.6 Å². The van der Waals surface area contributed by atoms with Crippen molar-refractivity contribution in [3.05, 3.63) is 35.9 Å². The Balaban J connectivity index is 0.00000312. The molecule has 0 aliphatic carbocycles. The van der Waals surface area contributed by atoms with Crippen molar-refractivity contribution >= 4 is 36.6 Å². The molecule has 1 fully saturated rings. The Morgan fingerprint density at radius 3 is 2.19 bits per heavy atom. The summed E-state index contributed by atoms with van der Waals surface area (Å²) in [6.07, 6.45) is 0. The number of carbonyl (C=O) groups excluding carboxylic acids is 2. The Bertz CT molecular complexity index is 549. The zero-order valence-corrected chi connectivity index (χ0v) is 17.0. The number of nitrogens with one attached hydrogen (secondary N) is 1. The summed E-state index contributed by atoms with van der Waals surface area (Å²) < 4.78 is 0. The van der Waals surface area contributed by atoms with Gasteiger partial charge in [-0.1, -0.05) is 37.3 Å². The Labute approximate surface area is 168 Å². The van der Waals surface area contributed by atoms with Crippen molar-refractivity contribution in [2.45, 2.75) is 26.4 Å². The van der Waals surface area contributed by atoms with Gasteiger partial charge >= 0.3 is 0 Å². The zero-order valence-electron chi connectivity index (χ0n) is 15.4. The lowest BCUT2D eigenvalue weighted by Crippen LogP contribution is -2.51. The fourth-order valence-corrected chi connectivity index (χ4v) is 2.67. The summed E-state index contributed by atoms with van der Waals surface area (Å²) >= 11 is 0. The van der Waals surface area contributed by atoms with Gasteiger partial charge < -0.3 is 16.0 Å². The van der Waals surface area contributed by atoms with Crippen LogP contribution in [0.3, 0.4) is 0 Å². The minimum absolute atomic E-state index is 0. The third kappa shape index (κ3) is 7.50. The summed E-state index contributed by atoms with van der Waals surface area (Å²) in [4.78, 5) is 28.2. The molecule has 3 N–H and O–H groups in total. The van der Waals surface area contributed by atoms with Gasteiger partial charge in [0.15, 0.2) is 0 Å². The first-order valence-electron chi connectivity index (χ1n) is 8.54. The van der Waals surface area contributed by atoms with Crippen molar-refractivity contribution < 1.29 is 9.59 Å². The molecule has 8 heteroatoms. The molecule has 1 heterocycles. The van der Waals surface area contributed by atoms with E-state index >= 15 is 0 Å². The van der Waals surface area contributed by atoms with Crippen LogP contribution in [0.1, 0.15) is 19.4 Å². The van der Waals surface area contributed by atoms with Gasteiger partial charge in [0, 0.05) is 44.7 Å². The number of piperazine rings is 1. The first-order valence-corrected chi connectivity index (χ1v) is 8.54. The molecular formula is C18H30Cl2N4O2. The monoisotopic (exact) mass is 404 g/mol. The number of hydrogen-bond acceptors (Lipinski definition) is 4. The lowest BCUT2D eigenvalue weighted by atomic mass is 10.0. The van der Waals surface area contributed by atoms with Crippen LogP contribution in [0.5, 0.6) is 0 Å². The number of hydrogen-bond donors (Lipinski definition) is 2. The van der Waals surface area contributed by atoms with Crippen molar-refractivity contribution in [2.24, 2.45) is 11.7 Å². The number of rotatable bonds is 6. The number of nitrogens with two attached hydrogens (primary N) is 1. The highest BCUT2D eigenvalue weighted by Gasteiger charge is 2.23. The summed E-state index contributed by atoms with van der Waals surface area (Å²) in [6, 6.07) is 10.1. The Morgan fingerprint density at radius 1 is 1.08 bits per heavy atom. The average Bonchev–Trinajstić information content (AvgIpc) is 2.60. The molecule has 0 radical (unpaired) electrons. The lowest BCUT2D eigenvalue weighted by molar-refractivity contribution is -0.135. The third-order valence-corrected chi connectivity index (χ3v) is 4.59. The Morgan fingerprint density at radius 2 is 1.65 bits per heavy atom. The van der Waals surface area contributed by atoms with Crippen molar-refractivity contribution in [1.29, 1.82) is 0 Å². The maximum absolute atomic E-state index is 12.2. The van der Waals surface area contributed by atoms with Gasteiger partial charge in [-0.2, -0.15) is 0 Å². The van der Waals surface area contributed by atoms with E-state index in [9.17, 15) is 9.59 Å². The molecule has 1 aromatic carbocycles. The van der Waals surface area contributed by atoms with Gasteiger partial charge in [0.05, 0.1) is 6.54 Å². The zero-order chi connectivity index (χ0) is 17.5. The fourth-order valence-electron chi connectivity index (χ4n) is 2.67. The van der Waals surface area contributed by atoms with Gasteiger partial charge in [0.25, 0.3) is 0 Å². The van der Waals surface area contributed by atoms with E-state index in [2.05, 4.69) is 22.3 Å². The van der Waals surface area contributed by atoms with Crippen LogP contribution in [-0.4, -0.2) is 60.4 Å². The minimum Gasteiger partial charge on any atom is -0.347 e. The maximum atomic E-state index is 12.2. The van der Waals surface area contributed by atoms with Crippen LogP contribution in [0.15, 0.2) is 30.3 Å². The van der Waals surface area contributed by atoms with E-state index in [-0.39, 0.29) is 55.1 Å². The van der Waals surface area contributed by atoms with Gasteiger partial charge in [-0.3, -0.25) is 14.5 Å². The molecule has 2 rings (SSSR count). The smallest absolute Gasteiger partial charge is 0.242 e. The number of carbonyl (C=O) groups is 2. The van der Waals surface area contributed by atoms with Crippen molar-refractivity contribution in [3.8, 4) is 0 Å². The van der Waals surface area contributed by atoms with Crippen LogP contribution in [0.25, 0.3) is 0 Å². The van der Waals surface area contributed by atoms with E-state index in [1.807, 2.05) is 23.1 Å². The van der Waals surface area contributed by atoms with E-state index in [1.165, 1.54) is 5.56 Å². The molecule has 1 saturated heterocycles. The Hall–Kier alpha value is -1.34. The summed E-state index contributed by atoms with van der Waals surface area (Å²) in [5, 5.41) is 2.69. The molecule has 0 spiro atoms. The summed E-state index contributed by atoms with van der Waals surface area (Å²) in [5.74, 6) is -0.485. The average molecular weight is 405 g/mol. The Kier molecular flexibility index (Phi) is 11.5. The second kappa shape index (κ2) is 12.1. The molecule has 1 aromatic rings. The highest BCUT2D eigenvalue weighted by molar-refractivity contribution is 5.86. The van der Waals surface area contributed by atoms with Gasteiger partial charge in [0.2, 0.25) is 11.8 Å². The van der Waals surface area contributed by atoms with Crippen molar-refractivity contribution in [3.63, 3.8) is 0 Å². The third-order valence-electron chi connectivity index (χ3n) is 4.59. The van der Waals surface area contributed by atoms with Gasteiger partial charge in [-0.25, -0.2) is 0 Å². The molecule has 1 aliphatic heterocycles. The molecule has 2 atom stereocenters. The van der Waals surface area contributed by atoms with E-state index in [0.29, 0.717) is 13.1 Å². The van der Waals surface area contributed by atoms with Crippen molar-refractivity contribution in [1.82, 2.24) is 15.1 Å². The fraction of sp³-hybridized carbons (Fsp3) is 0.556. The second-order valence-corrected chi connectivity index (χ2v) is 6.51. The molecule has 6 nitrogen and oxygen atoms in total. The highest BCUT2D eigenvalue weighted by Crippen LogP contribution is 2.08. The van der Waals surface area contributed by atoms with E-state index < -0.39 is 0 Å². The van der Waals surface area contributed by atoms with Crippen LogP contribution < -0.4 is 11.1 Å². The predicted octanol–water partition coefficient (Wildman–Crippen LogP) is 1.27. The summed E-state index contributed by atoms with van der Waals surface area (Å²) in [6.45, 7) is 7.62. The first-order chi connectivity index (χ1) is 11.5. The quantitative estimate of drug-likeness (QED) is 0.748. The predicted molar refractivity (Wildman–Crippen MR) is 109 cm³/mol. The molecule has 2 amide bonds. The lowest BCUT2D eigenvalue weighted by Gasteiger charge is -2.35. The number of amides is 2. The van der Waals surface area contributed by atoms with Crippen LogP contribution in [0.4, 0.5) is 0 Å². The summed E-state index contributed by atoms with van der Waals surface area (Å²) in [7, 11) is 0. The van der Waals surface area contributed by atoms with Gasteiger partial charge in [0.1, 0.15) is 0 Å². The SMILES string of the molecule is CC(N)C(C)C(=O)NCC(=O)N1CCN(Cc2ccccc2)CC1.Cl.Cl. The molecular weight excluding hydrogens is 375 g/mol. The van der Waals surface area contributed by atoms with E-state index in [4.69, 9.17) is 5.73 Å². The molecule has 0 bridgehead atoms. The highest BCUT2D eigenvalue weighted by atomic mass is 35.5. The normalized spacial score (nSPS) is 16.7. The summed E-state index contributed by atoms with van der Waals surface area (Å²) in [5.41, 5.74) is 6.99. The first kappa shape index (κ1) is 24.7. The largest absolute Gasteiger partial charge is 0.347 e. The van der Waals surface area contributed by atoms with Crippen molar-refractivity contribution in [2.75, 3.05) is 32.7 Å². The van der Waals surface area contributed by atoms with Gasteiger partial charge in [-0.05, 0) is 12.5 Å². The number of nitrogens with zero attached hydrogens (tertiary/aromatic N) is 2. The van der Waals surface area contributed by atoms with Crippen LogP contribution in [0, 0.1) is 5.92 Å². The molecule has 1 aliphatic rings. The van der Waals surface area contributed by atoms with Gasteiger partial charge in [-0.15, -0.1) is 24.8 Å². The topological polar surface area (TPSA) is 78.7 Å².